The molecule has 0 aliphatic heterocycles. The second kappa shape index (κ2) is 4.08. The highest BCUT2D eigenvalue weighted by atomic mass is 16.1. The van der Waals surface area contributed by atoms with Gasteiger partial charge in [-0.3, -0.25) is 4.79 Å². The summed E-state index contributed by atoms with van der Waals surface area (Å²) < 4.78 is 0. The Labute approximate surface area is 109 Å². The molecule has 0 spiro atoms. The number of aryl methyl sites for hydroxylation is 2. The van der Waals surface area contributed by atoms with Gasteiger partial charge >= 0.3 is 0 Å². The van der Waals surface area contributed by atoms with Crippen molar-refractivity contribution in [2.45, 2.75) is 40.0 Å². The number of hydrogen-bond acceptors (Lipinski definition) is 1. The predicted octanol–water partition coefficient (Wildman–Crippen LogP) is 3.77. The molecule has 0 bridgehead atoms. The molecule has 3 rings (SSSR count). The van der Waals surface area contributed by atoms with Crippen LogP contribution in [0.2, 0.25) is 0 Å². The molecule has 2 aliphatic rings. The topological polar surface area (TPSA) is 17.1 Å². The van der Waals surface area contributed by atoms with Crippen molar-refractivity contribution in [2.75, 3.05) is 0 Å². The van der Waals surface area contributed by atoms with E-state index in [0.717, 1.165) is 11.5 Å². The highest BCUT2D eigenvalue weighted by Crippen LogP contribution is 2.55. The molecule has 0 amide bonds. The van der Waals surface area contributed by atoms with Crippen LogP contribution >= 0.6 is 0 Å². The van der Waals surface area contributed by atoms with E-state index in [2.05, 4.69) is 39.0 Å². The van der Waals surface area contributed by atoms with Gasteiger partial charge in [0.2, 0.25) is 0 Å². The third-order valence-corrected chi connectivity index (χ3v) is 4.56. The maximum Gasteiger partial charge on any atom is 0.163 e. The zero-order valence-corrected chi connectivity index (χ0v) is 11.4. The number of rotatable bonds is 3. The summed E-state index contributed by atoms with van der Waals surface area (Å²) in [4.78, 5) is 12.4. The summed E-state index contributed by atoms with van der Waals surface area (Å²) in [6.07, 6.45) is 3.00. The summed E-state index contributed by atoms with van der Waals surface area (Å²) in [5.41, 5.74) is 6.25. The van der Waals surface area contributed by atoms with E-state index in [1.807, 2.05) is 0 Å². The monoisotopic (exact) mass is 240 g/mol. The molecule has 1 nitrogen and oxygen atoms in total. The van der Waals surface area contributed by atoms with E-state index in [1.54, 1.807) is 0 Å². The van der Waals surface area contributed by atoms with Crippen LogP contribution in [0.15, 0.2) is 29.3 Å². The van der Waals surface area contributed by atoms with Crippen LogP contribution < -0.4 is 0 Å². The van der Waals surface area contributed by atoms with Crippen molar-refractivity contribution >= 4 is 5.78 Å². The van der Waals surface area contributed by atoms with Crippen LogP contribution in [0.5, 0.6) is 0 Å². The fourth-order valence-corrected chi connectivity index (χ4v) is 3.29. The zero-order chi connectivity index (χ0) is 12.9. The molecule has 1 heteroatoms. The molecule has 0 aromatic heterocycles. The Morgan fingerprint density at radius 3 is 2.61 bits per heavy atom. The Morgan fingerprint density at radius 1 is 1.22 bits per heavy atom. The largest absolute Gasteiger partial charge is 0.294 e. The number of allylic oxidation sites excluding steroid dienone is 2. The third-order valence-electron chi connectivity index (χ3n) is 4.56. The number of carbonyl (C=O) groups is 1. The van der Waals surface area contributed by atoms with Crippen LogP contribution in [-0.2, 0) is 11.2 Å². The minimum absolute atomic E-state index is 0.362. The lowest BCUT2D eigenvalue weighted by Gasteiger charge is -2.08. The molecular weight excluding hydrogens is 220 g/mol. The molecule has 2 aliphatic carbocycles. The molecule has 2 atom stereocenters. The van der Waals surface area contributed by atoms with Crippen molar-refractivity contribution in [2.24, 2.45) is 11.8 Å². The van der Waals surface area contributed by atoms with Gasteiger partial charge in [-0.1, -0.05) is 23.8 Å². The van der Waals surface area contributed by atoms with Crippen LogP contribution in [0, 0.1) is 25.7 Å². The summed E-state index contributed by atoms with van der Waals surface area (Å²) in [5, 5.41) is 0. The lowest BCUT2D eigenvalue weighted by atomic mass is 9.96. The fourth-order valence-electron chi connectivity index (χ4n) is 3.29. The average Bonchev–Trinajstić information content (AvgIpc) is 2.96. The molecular formula is C17H20O. The van der Waals surface area contributed by atoms with Gasteiger partial charge in [0.25, 0.3) is 0 Å². The van der Waals surface area contributed by atoms with Crippen LogP contribution in [0.1, 0.15) is 36.5 Å². The average molecular weight is 240 g/mol. The smallest absolute Gasteiger partial charge is 0.163 e. The molecule has 2 unspecified atom stereocenters. The third kappa shape index (κ3) is 1.92. The first kappa shape index (κ1) is 11.7. The number of fused-ring (bicyclic) bond motifs is 1. The first-order valence-electron chi connectivity index (χ1n) is 6.85. The van der Waals surface area contributed by atoms with E-state index in [-0.39, 0.29) is 0 Å². The SMILES string of the molecule is CC1=C(C(=O)Cc2ccc(C)c(C)c2)C2CC2C1. The Morgan fingerprint density at radius 2 is 2.00 bits per heavy atom. The Hall–Kier alpha value is -1.37. The molecule has 0 radical (unpaired) electrons. The van der Waals surface area contributed by atoms with Crippen molar-refractivity contribution in [1.29, 1.82) is 0 Å². The number of benzene rings is 1. The normalized spacial score (nSPS) is 25.3. The molecule has 1 aromatic carbocycles. The van der Waals surface area contributed by atoms with E-state index in [1.165, 1.54) is 35.1 Å². The summed E-state index contributed by atoms with van der Waals surface area (Å²) in [7, 11) is 0. The highest BCUT2D eigenvalue weighted by molar-refractivity contribution is 5.99. The van der Waals surface area contributed by atoms with Gasteiger partial charge in [0.15, 0.2) is 5.78 Å². The lowest BCUT2D eigenvalue weighted by molar-refractivity contribution is -0.115. The van der Waals surface area contributed by atoms with Gasteiger partial charge < -0.3 is 0 Å². The van der Waals surface area contributed by atoms with Gasteiger partial charge in [0.05, 0.1) is 0 Å². The van der Waals surface area contributed by atoms with Crippen LogP contribution in [-0.4, -0.2) is 5.78 Å². The molecule has 0 N–H and O–H groups in total. The first-order chi connectivity index (χ1) is 8.56. The minimum Gasteiger partial charge on any atom is -0.294 e. The summed E-state index contributed by atoms with van der Waals surface area (Å²) in [6.45, 7) is 6.36. The van der Waals surface area contributed by atoms with Gasteiger partial charge in [0, 0.05) is 6.42 Å². The quantitative estimate of drug-likeness (QED) is 0.786. The van der Waals surface area contributed by atoms with Gasteiger partial charge in [-0.2, -0.15) is 0 Å². The summed E-state index contributed by atoms with van der Waals surface area (Å²) >= 11 is 0. The number of carbonyl (C=O) groups excluding carboxylic acids is 1. The summed E-state index contributed by atoms with van der Waals surface area (Å²) in [5.74, 6) is 1.79. The molecule has 18 heavy (non-hydrogen) atoms. The van der Waals surface area contributed by atoms with Gasteiger partial charge in [-0.05, 0) is 67.7 Å². The minimum atomic E-state index is 0.362. The number of ketones is 1. The Balaban J connectivity index is 1.78. The lowest BCUT2D eigenvalue weighted by Crippen LogP contribution is -2.08. The highest BCUT2D eigenvalue weighted by Gasteiger charge is 2.47. The standard InChI is InChI=1S/C17H20O/c1-10-4-5-13(6-11(10)2)8-16(18)17-12(3)7-14-9-15(14)17/h4-6,14-15H,7-9H2,1-3H3. The summed E-state index contributed by atoms with van der Waals surface area (Å²) in [6, 6.07) is 6.37. The molecule has 0 saturated heterocycles. The van der Waals surface area contributed by atoms with E-state index < -0.39 is 0 Å². The van der Waals surface area contributed by atoms with Crippen molar-refractivity contribution in [3.8, 4) is 0 Å². The van der Waals surface area contributed by atoms with E-state index >= 15 is 0 Å². The van der Waals surface area contributed by atoms with Gasteiger partial charge in [-0.25, -0.2) is 0 Å². The zero-order valence-electron chi connectivity index (χ0n) is 11.4. The van der Waals surface area contributed by atoms with Crippen molar-refractivity contribution < 1.29 is 4.79 Å². The fraction of sp³-hybridized carbons (Fsp3) is 0.471. The second-order valence-corrected chi connectivity index (χ2v) is 6.02. The Kier molecular flexibility index (Phi) is 2.65. The molecule has 94 valence electrons. The van der Waals surface area contributed by atoms with Crippen molar-refractivity contribution in [3.05, 3.63) is 46.0 Å². The maximum atomic E-state index is 12.4. The van der Waals surface area contributed by atoms with Gasteiger partial charge in [-0.15, -0.1) is 0 Å². The second-order valence-electron chi connectivity index (χ2n) is 6.02. The van der Waals surface area contributed by atoms with Crippen LogP contribution in [0.3, 0.4) is 0 Å². The van der Waals surface area contributed by atoms with Crippen molar-refractivity contribution in [3.63, 3.8) is 0 Å². The van der Waals surface area contributed by atoms with Crippen LogP contribution in [0.4, 0.5) is 0 Å². The maximum absolute atomic E-state index is 12.4. The number of Topliss-reactive ketones (excluding diaryl/α,β-unsaturated/α-hetero) is 1. The van der Waals surface area contributed by atoms with Crippen LogP contribution in [0.25, 0.3) is 0 Å². The first-order valence-corrected chi connectivity index (χ1v) is 6.85. The molecule has 1 saturated carbocycles. The van der Waals surface area contributed by atoms with E-state index in [4.69, 9.17) is 0 Å². The van der Waals surface area contributed by atoms with E-state index in [9.17, 15) is 4.79 Å². The number of hydrogen-bond donors (Lipinski definition) is 0. The molecule has 1 aromatic rings. The van der Waals surface area contributed by atoms with E-state index in [0.29, 0.717) is 18.1 Å². The Bertz CT molecular complexity index is 551. The van der Waals surface area contributed by atoms with Crippen molar-refractivity contribution in [1.82, 2.24) is 0 Å². The predicted molar refractivity (Wildman–Crippen MR) is 73.5 cm³/mol. The van der Waals surface area contributed by atoms with Gasteiger partial charge in [0.1, 0.15) is 0 Å². The molecule has 0 heterocycles. The molecule has 1 fully saturated rings.